The van der Waals surface area contributed by atoms with Crippen molar-refractivity contribution >= 4 is 29.9 Å². The van der Waals surface area contributed by atoms with E-state index in [1.807, 2.05) is 6.07 Å². The Morgan fingerprint density at radius 1 is 1.27 bits per heavy atom. The number of hydrogen-bond donors (Lipinski definition) is 2. The molecular formula is C19H34FIN4O. The highest BCUT2D eigenvalue weighted by molar-refractivity contribution is 14.0. The molecule has 0 aliphatic heterocycles. The molecular weight excluding hydrogens is 446 g/mol. The molecule has 0 aliphatic carbocycles. The molecule has 26 heavy (non-hydrogen) atoms. The van der Waals surface area contributed by atoms with E-state index >= 15 is 0 Å². The smallest absolute Gasteiger partial charge is 0.191 e. The molecule has 1 rings (SSSR count). The minimum atomic E-state index is -0.204. The molecule has 0 aliphatic rings. The van der Waals surface area contributed by atoms with E-state index in [4.69, 9.17) is 4.74 Å². The van der Waals surface area contributed by atoms with Gasteiger partial charge in [0.05, 0.1) is 0 Å². The van der Waals surface area contributed by atoms with Crippen LogP contribution in [0.25, 0.3) is 0 Å². The molecule has 0 amide bonds. The van der Waals surface area contributed by atoms with Gasteiger partial charge in [-0.15, -0.1) is 24.0 Å². The third-order valence-corrected chi connectivity index (χ3v) is 4.20. The average molecular weight is 480 g/mol. The van der Waals surface area contributed by atoms with Gasteiger partial charge in [-0.3, -0.25) is 4.99 Å². The molecule has 0 atom stereocenters. The third kappa shape index (κ3) is 9.68. The maximum absolute atomic E-state index is 13.4. The van der Waals surface area contributed by atoms with Gasteiger partial charge in [0.2, 0.25) is 0 Å². The fourth-order valence-corrected chi connectivity index (χ4v) is 2.49. The molecule has 5 nitrogen and oxygen atoms in total. The second-order valence-electron chi connectivity index (χ2n) is 6.90. The molecule has 0 fully saturated rings. The normalized spacial score (nSPS) is 12.0. The number of nitrogens with one attached hydrogen (secondary N) is 2. The first-order valence-electron chi connectivity index (χ1n) is 8.77. The second kappa shape index (κ2) is 13.3. The average Bonchev–Trinajstić information content (AvgIpc) is 2.58. The minimum absolute atomic E-state index is 0. The van der Waals surface area contributed by atoms with Crippen molar-refractivity contribution in [3.8, 4) is 0 Å². The summed E-state index contributed by atoms with van der Waals surface area (Å²) in [5, 5.41) is 6.65. The largest absolute Gasteiger partial charge is 0.385 e. The van der Waals surface area contributed by atoms with Crippen LogP contribution in [-0.2, 0) is 10.2 Å². The number of ether oxygens (including phenoxy) is 1. The monoisotopic (exact) mass is 480 g/mol. The van der Waals surface area contributed by atoms with Crippen LogP contribution in [0, 0.1) is 5.82 Å². The van der Waals surface area contributed by atoms with Crippen LogP contribution in [0.1, 0.15) is 25.8 Å². The summed E-state index contributed by atoms with van der Waals surface area (Å²) in [5.41, 5.74) is 0.768. The SMILES string of the molecule is CN=C(NCCN(C)CCCOC)NCC(C)(C)c1cccc(F)c1.I. The topological polar surface area (TPSA) is 48.9 Å². The van der Waals surface area contributed by atoms with Crippen molar-refractivity contribution in [3.05, 3.63) is 35.6 Å². The standard InChI is InChI=1S/C19H33FN4O.HI/c1-19(2,16-8-6-9-17(20)14-16)15-23-18(21-3)22-10-12-24(4)11-7-13-25-5;/h6,8-9,14H,7,10-13,15H2,1-5H3,(H2,21,22,23);1H. The molecule has 1 aromatic rings. The Bertz CT molecular complexity index is 540. The van der Waals surface area contributed by atoms with Gasteiger partial charge >= 0.3 is 0 Å². The Morgan fingerprint density at radius 3 is 2.62 bits per heavy atom. The minimum Gasteiger partial charge on any atom is -0.385 e. The number of benzene rings is 1. The molecule has 0 spiro atoms. The second-order valence-corrected chi connectivity index (χ2v) is 6.90. The van der Waals surface area contributed by atoms with Crippen LogP contribution >= 0.6 is 24.0 Å². The van der Waals surface area contributed by atoms with Crippen LogP contribution in [0.4, 0.5) is 4.39 Å². The Morgan fingerprint density at radius 2 is 2.00 bits per heavy atom. The highest BCUT2D eigenvalue weighted by atomic mass is 127. The third-order valence-electron chi connectivity index (χ3n) is 4.20. The number of nitrogens with zero attached hydrogens (tertiary/aromatic N) is 2. The zero-order valence-electron chi connectivity index (χ0n) is 16.6. The van der Waals surface area contributed by atoms with Gasteiger partial charge in [-0.2, -0.15) is 0 Å². The van der Waals surface area contributed by atoms with Crippen molar-refractivity contribution in [1.82, 2.24) is 15.5 Å². The van der Waals surface area contributed by atoms with Crippen molar-refractivity contribution in [3.63, 3.8) is 0 Å². The number of rotatable bonds is 10. The number of likely N-dealkylation sites (N-methyl/N-ethyl adjacent to an activating group) is 1. The van der Waals surface area contributed by atoms with Crippen molar-refractivity contribution in [1.29, 1.82) is 0 Å². The lowest BCUT2D eigenvalue weighted by atomic mass is 9.84. The first-order valence-corrected chi connectivity index (χ1v) is 8.77. The van der Waals surface area contributed by atoms with E-state index < -0.39 is 0 Å². The Labute approximate surface area is 174 Å². The number of guanidine groups is 1. The van der Waals surface area contributed by atoms with E-state index in [2.05, 4.69) is 41.4 Å². The van der Waals surface area contributed by atoms with Crippen LogP contribution in [-0.4, -0.2) is 64.9 Å². The van der Waals surface area contributed by atoms with E-state index in [0.29, 0.717) is 6.54 Å². The first-order chi connectivity index (χ1) is 11.9. The molecule has 0 bridgehead atoms. The summed E-state index contributed by atoms with van der Waals surface area (Å²) >= 11 is 0. The summed E-state index contributed by atoms with van der Waals surface area (Å²) < 4.78 is 18.5. The van der Waals surface area contributed by atoms with Gasteiger partial charge in [0.25, 0.3) is 0 Å². The fourth-order valence-electron chi connectivity index (χ4n) is 2.49. The maximum Gasteiger partial charge on any atom is 0.191 e. The van der Waals surface area contributed by atoms with Crippen LogP contribution < -0.4 is 10.6 Å². The first kappa shape index (κ1) is 25.1. The van der Waals surface area contributed by atoms with Gasteiger partial charge in [0, 0.05) is 52.4 Å². The summed E-state index contributed by atoms with van der Waals surface area (Å²) in [7, 11) is 5.58. The van der Waals surface area contributed by atoms with Crippen molar-refractivity contribution in [2.75, 3.05) is 54.0 Å². The van der Waals surface area contributed by atoms with Gasteiger partial charge in [0.1, 0.15) is 5.82 Å². The fraction of sp³-hybridized carbons (Fsp3) is 0.632. The van der Waals surface area contributed by atoms with Gasteiger partial charge in [-0.1, -0.05) is 26.0 Å². The summed E-state index contributed by atoms with van der Waals surface area (Å²) in [6.45, 7) is 8.38. The highest BCUT2D eigenvalue weighted by Crippen LogP contribution is 2.22. The quantitative estimate of drug-likeness (QED) is 0.234. The lowest BCUT2D eigenvalue weighted by Gasteiger charge is -2.27. The molecule has 150 valence electrons. The van der Waals surface area contributed by atoms with Crippen LogP contribution in [0.2, 0.25) is 0 Å². The van der Waals surface area contributed by atoms with Gasteiger partial charge in [-0.25, -0.2) is 4.39 Å². The number of hydrogen-bond acceptors (Lipinski definition) is 3. The predicted molar refractivity (Wildman–Crippen MR) is 118 cm³/mol. The maximum atomic E-state index is 13.4. The summed E-state index contributed by atoms with van der Waals surface area (Å²) in [5.74, 6) is 0.555. The predicted octanol–water partition coefficient (Wildman–Crippen LogP) is 2.85. The van der Waals surface area contributed by atoms with E-state index in [1.165, 1.54) is 6.07 Å². The van der Waals surface area contributed by atoms with E-state index in [0.717, 1.165) is 44.2 Å². The number of methoxy groups -OCH3 is 1. The Hall–Kier alpha value is -0.930. The molecule has 1 aromatic carbocycles. The molecule has 0 unspecified atom stereocenters. The van der Waals surface area contributed by atoms with Gasteiger partial charge < -0.3 is 20.3 Å². The van der Waals surface area contributed by atoms with E-state index in [1.54, 1.807) is 26.3 Å². The number of aliphatic imine (C=N–C) groups is 1. The van der Waals surface area contributed by atoms with Crippen LogP contribution in [0.5, 0.6) is 0 Å². The lowest BCUT2D eigenvalue weighted by Crippen LogP contribution is -2.45. The Kier molecular flexibility index (Phi) is 12.8. The summed E-state index contributed by atoms with van der Waals surface area (Å²) in [4.78, 5) is 6.52. The van der Waals surface area contributed by atoms with Crippen LogP contribution in [0.3, 0.4) is 0 Å². The highest BCUT2D eigenvalue weighted by Gasteiger charge is 2.21. The Balaban J connectivity index is 0.00000625. The van der Waals surface area contributed by atoms with Crippen molar-refractivity contribution in [2.24, 2.45) is 4.99 Å². The summed E-state index contributed by atoms with van der Waals surface area (Å²) in [6.07, 6.45) is 1.03. The molecule has 2 N–H and O–H groups in total. The number of halogens is 2. The van der Waals surface area contributed by atoms with Gasteiger partial charge in [-0.05, 0) is 31.2 Å². The van der Waals surface area contributed by atoms with E-state index in [9.17, 15) is 4.39 Å². The van der Waals surface area contributed by atoms with Crippen molar-refractivity contribution < 1.29 is 9.13 Å². The zero-order valence-corrected chi connectivity index (χ0v) is 19.0. The van der Waals surface area contributed by atoms with Crippen molar-refractivity contribution in [2.45, 2.75) is 25.7 Å². The van der Waals surface area contributed by atoms with E-state index in [-0.39, 0.29) is 35.2 Å². The van der Waals surface area contributed by atoms with Crippen LogP contribution in [0.15, 0.2) is 29.3 Å². The summed E-state index contributed by atoms with van der Waals surface area (Å²) in [6, 6.07) is 6.76. The molecule has 0 saturated heterocycles. The van der Waals surface area contributed by atoms with Gasteiger partial charge in [0.15, 0.2) is 5.96 Å². The molecule has 0 radical (unpaired) electrons. The lowest BCUT2D eigenvalue weighted by molar-refractivity contribution is 0.180. The molecule has 0 aromatic heterocycles. The molecule has 7 heteroatoms. The zero-order chi connectivity index (χ0) is 18.7. The molecule has 0 saturated carbocycles. The molecule has 0 heterocycles.